The van der Waals surface area contributed by atoms with Gasteiger partial charge in [-0.15, -0.1) is 0 Å². The summed E-state index contributed by atoms with van der Waals surface area (Å²) in [5, 5.41) is -0.0923. The van der Waals surface area contributed by atoms with E-state index in [-0.39, 0.29) is 37.4 Å². The molecule has 0 N–H and O–H groups in total. The van der Waals surface area contributed by atoms with E-state index in [9.17, 15) is 35.9 Å². The SMILES string of the molecule is Cn1c(=O)cc(-c2c(Br)c(=O)n(C)c3ccc(C(F)(F)F)cc23)c2cc(C(F)(F)F)ccc21. The molecule has 2 heterocycles. The number of alkyl halides is 6. The second-order valence-corrected chi connectivity index (χ2v) is 8.26. The summed E-state index contributed by atoms with van der Waals surface area (Å²) in [5.41, 5.74) is -3.19. The van der Waals surface area contributed by atoms with Gasteiger partial charge in [0.05, 0.1) is 26.6 Å². The molecule has 0 amide bonds. The Balaban J connectivity index is 2.25. The predicted molar refractivity (Wildman–Crippen MR) is 115 cm³/mol. The lowest BCUT2D eigenvalue weighted by Gasteiger charge is -2.18. The van der Waals surface area contributed by atoms with Crippen LogP contribution in [0.2, 0.25) is 0 Å². The number of benzene rings is 2. The Morgan fingerprint density at radius 3 is 1.73 bits per heavy atom. The van der Waals surface area contributed by atoms with Crippen molar-refractivity contribution in [2.75, 3.05) is 0 Å². The van der Waals surface area contributed by atoms with Gasteiger partial charge in [-0.05, 0) is 57.9 Å². The fourth-order valence-electron chi connectivity index (χ4n) is 3.79. The summed E-state index contributed by atoms with van der Waals surface area (Å²) in [7, 11) is 2.72. The van der Waals surface area contributed by atoms with Crippen molar-refractivity contribution in [1.29, 1.82) is 0 Å². The van der Waals surface area contributed by atoms with Gasteiger partial charge in [-0.3, -0.25) is 9.59 Å². The van der Waals surface area contributed by atoms with E-state index >= 15 is 0 Å². The first-order valence-electron chi connectivity index (χ1n) is 9.32. The van der Waals surface area contributed by atoms with Gasteiger partial charge in [0.25, 0.3) is 11.1 Å². The number of aryl methyl sites for hydroxylation is 2. The summed E-state index contributed by atoms with van der Waals surface area (Å²) in [6, 6.07) is 6.48. The Kier molecular flexibility index (Phi) is 5.23. The molecule has 172 valence electrons. The van der Waals surface area contributed by atoms with E-state index < -0.39 is 34.6 Å². The first kappa shape index (κ1) is 23.1. The topological polar surface area (TPSA) is 44.0 Å². The molecule has 4 rings (SSSR count). The lowest BCUT2D eigenvalue weighted by atomic mass is 9.95. The molecule has 4 aromatic rings. The molecule has 33 heavy (non-hydrogen) atoms. The number of pyridine rings is 2. The predicted octanol–water partition coefficient (Wildman–Crippen LogP) is 5.86. The maximum Gasteiger partial charge on any atom is 0.416 e. The van der Waals surface area contributed by atoms with Crippen molar-refractivity contribution in [3.05, 3.63) is 78.8 Å². The molecule has 0 aliphatic rings. The zero-order valence-electron chi connectivity index (χ0n) is 16.9. The molecule has 0 saturated heterocycles. The molecular weight excluding hydrogens is 518 g/mol. The van der Waals surface area contributed by atoms with Crippen LogP contribution >= 0.6 is 15.9 Å². The average Bonchev–Trinajstić information content (AvgIpc) is 2.73. The monoisotopic (exact) mass is 530 g/mol. The molecule has 0 bridgehead atoms. The molecule has 0 aliphatic carbocycles. The molecule has 0 unspecified atom stereocenters. The van der Waals surface area contributed by atoms with E-state index in [0.29, 0.717) is 0 Å². The summed E-state index contributed by atoms with van der Waals surface area (Å²) in [4.78, 5) is 25.4. The Morgan fingerprint density at radius 1 is 0.727 bits per heavy atom. The molecule has 0 aliphatic heterocycles. The number of halogens is 7. The highest BCUT2D eigenvalue weighted by molar-refractivity contribution is 9.10. The first-order valence-corrected chi connectivity index (χ1v) is 10.1. The number of hydrogen-bond acceptors (Lipinski definition) is 2. The van der Waals surface area contributed by atoms with Gasteiger partial charge in [0, 0.05) is 36.5 Å². The number of aromatic nitrogens is 2. The zero-order valence-corrected chi connectivity index (χ0v) is 18.5. The lowest BCUT2D eigenvalue weighted by molar-refractivity contribution is -0.138. The van der Waals surface area contributed by atoms with Gasteiger partial charge in [0.1, 0.15) is 0 Å². The van der Waals surface area contributed by atoms with Crippen molar-refractivity contribution in [2.45, 2.75) is 12.4 Å². The van der Waals surface area contributed by atoms with Gasteiger partial charge in [-0.25, -0.2) is 0 Å². The summed E-state index contributed by atoms with van der Waals surface area (Å²) in [6.07, 6.45) is -9.40. The van der Waals surface area contributed by atoms with Crippen molar-refractivity contribution in [2.24, 2.45) is 14.1 Å². The summed E-state index contributed by atoms with van der Waals surface area (Å²) in [5.74, 6) is 0. The highest BCUT2D eigenvalue weighted by Gasteiger charge is 2.33. The van der Waals surface area contributed by atoms with Gasteiger partial charge in [-0.1, -0.05) is 0 Å². The smallest absolute Gasteiger partial charge is 0.311 e. The van der Waals surface area contributed by atoms with Gasteiger partial charge in [-0.2, -0.15) is 26.3 Å². The standard InChI is InChI=1S/C22H13BrF6N2O2/c1-30-15-5-3-10(21(24,25)26)7-12(15)13(9-17(30)32)18-14-8-11(22(27,28)29)4-6-16(14)31(2)20(33)19(18)23/h3-9H,1-2H3. The molecule has 0 atom stereocenters. The van der Waals surface area contributed by atoms with Crippen molar-refractivity contribution in [1.82, 2.24) is 9.13 Å². The Labute approximate surface area is 189 Å². The van der Waals surface area contributed by atoms with Gasteiger partial charge >= 0.3 is 12.4 Å². The van der Waals surface area contributed by atoms with Crippen LogP contribution in [0.1, 0.15) is 11.1 Å². The van der Waals surface area contributed by atoms with Gasteiger partial charge < -0.3 is 9.13 Å². The van der Waals surface area contributed by atoms with Gasteiger partial charge in [0.15, 0.2) is 0 Å². The maximum absolute atomic E-state index is 13.4. The summed E-state index contributed by atoms with van der Waals surface area (Å²) in [6.45, 7) is 0. The van der Waals surface area contributed by atoms with Crippen LogP contribution in [0.15, 0.2) is 56.5 Å². The molecular formula is C22H13BrF6N2O2. The van der Waals surface area contributed by atoms with Crippen LogP contribution in [0, 0.1) is 0 Å². The summed E-state index contributed by atoms with van der Waals surface area (Å²) < 4.78 is 82.6. The van der Waals surface area contributed by atoms with Crippen LogP contribution in [-0.4, -0.2) is 9.13 Å². The van der Waals surface area contributed by atoms with Crippen LogP contribution in [0.5, 0.6) is 0 Å². The number of rotatable bonds is 1. The highest BCUT2D eigenvalue weighted by atomic mass is 79.9. The van der Waals surface area contributed by atoms with Crippen molar-refractivity contribution >= 4 is 37.7 Å². The first-order chi connectivity index (χ1) is 15.2. The number of nitrogens with zero attached hydrogens (tertiary/aromatic N) is 2. The maximum atomic E-state index is 13.4. The average molecular weight is 531 g/mol. The number of hydrogen-bond donors (Lipinski definition) is 0. The summed E-state index contributed by atoms with van der Waals surface area (Å²) >= 11 is 3.11. The van der Waals surface area contributed by atoms with E-state index in [1.54, 1.807) is 0 Å². The third kappa shape index (κ3) is 3.73. The second kappa shape index (κ2) is 7.47. The third-order valence-electron chi connectivity index (χ3n) is 5.51. The fraction of sp³-hybridized carbons (Fsp3) is 0.182. The zero-order chi connectivity index (χ0) is 24.5. The van der Waals surface area contributed by atoms with E-state index in [2.05, 4.69) is 15.9 Å². The van der Waals surface area contributed by atoms with E-state index in [0.717, 1.165) is 51.6 Å². The Hall–Kier alpha value is -3.08. The largest absolute Gasteiger partial charge is 0.416 e. The lowest BCUT2D eigenvalue weighted by Crippen LogP contribution is -2.21. The van der Waals surface area contributed by atoms with Crippen molar-refractivity contribution < 1.29 is 26.3 Å². The van der Waals surface area contributed by atoms with Gasteiger partial charge in [0.2, 0.25) is 0 Å². The third-order valence-corrected chi connectivity index (χ3v) is 6.25. The molecule has 4 nitrogen and oxygen atoms in total. The molecule has 0 saturated carbocycles. The highest BCUT2D eigenvalue weighted by Crippen LogP contribution is 2.40. The Bertz CT molecular complexity index is 1560. The normalized spacial score (nSPS) is 12.6. The molecule has 11 heteroatoms. The molecule has 0 radical (unpaired) electrons. The minimum atomic E-state index is -4.70. The minimum Gasteiger partial charge on any atom is -0.311 e. The van der Waals surface area contributed by atoms with Crippen LogP contribution in [0.3, 0.4) is 0 Å². The van der Waals surface area contributed by atoms with E-state index in [1.165, 1.54) is 14.1 Å². The fourth-order valence-corrected chi connectivity index (χ4v) is 4.49. The van der Waals surface area contributed by atoms with Crippen LogP contribution in [0.25, 0.3) is 32.9 Å². The second-order valence-electron chi connectivity index (χ2n) is 7.47. The number of fused-ring (bicyclic) bond motifs is 2. The molecule has 2 aromatic heterocycles. The van der Waals surface area contributed by atoms with Crippen molar-refractivity contribution in [3.63, 3.8) is 0 Å². The van der Waals surface area contributed by atoms with Crippen LogP contribution in [0.4, 0.5) is 26.3 Å². The van der Waals surface area contributed by atoms with Crippen molar-refractivity contribution in [3.8, 4) is 11.1 Å². The van der Waals surface area contributed by atoms with Crippen LogP contribution < -0.4 is 11.1 Å². The molecule has 2 aromatic carbocycles. The van der Waals surface area contributed by atoms with E-state index in [4.69, 9.17) is 0 Å². The van der Waals surface area contributed by atoms with E-state index in [1.807, 2.05) is 0 Å². The Morgan fingerprint density at radius 2 is 1.21 bits per heavy atom. The molecule has 0 fully saturated rings. The minimum absolute atomic E-state index is 0.0420. The van der Waals surface area contributed by atoms with Crippen LogP contribution in [-0.2, 0) is 26.4 Å². The molecule has 0 spiro atoms. The quantitative estimate of drug-likeness (QED) is 0.289.